The molecule has 0 aliphatic rings. The van der Waals surface area contributed by atoms with Crippen LogP contribution in [0.2, 0.25) is 0 Å². The van der Waals surface area contributed by atoms with Crippen LogP contribution in [0.5, 0.6) is 0 Å². The summed E-state index contributed by atoms with van der Waals surface area (Å²) in [5.41, 5.74) is -6.66. The maximum absolute atomic E-state index is 13.8. The standard InChI is InChI=1S/C12H10F13N2/c1-26-4-5-27(6-26)3-2-7(10(17,18)19,11(20,21)22)8(13,14)9(15,16)12(23,24)25/h4-6H,2-3H2,1H3/q+1. The smallest absolute Gasteiger partial charge is 0.240 e. The number of alkyl halides is 13. The van der Waals surface area contributed by atoms with Crippen molar-refractivity contribution in [2.75, 3.05) is 0 Å². The fraction of sp³-hybridized carbons (Fsp3) is 0.750. The van der Waals surface area contributed by atoms with Crippen LogP contribution in [-0.2, 0) is 13.6 Å². The van der Waals surface area contributed by atoms with E-state index in [1.807, 2.05) is 0 Å². The van der Waals surface area contributed by atoms with E-state index in [0.29, 0.717) is 4.57 Å². The second kappa shape index (κ2) is 6.43. The van der Waals surface area contributed by atoms with Gasteiger partial charge in [0.15, 0.2) is 0 Å². The minimum atomic E-state index is -7.60. The molecule has 0 aromatic carbocycles. The van der Waals surface area contributed by atoms with E-state index in [0.717, 1.165) is 23.3 Å². The molecule has 1 rings (SSSR count). The molecule has 0 spiro atoms. The Bertz CT molecular complexity index is 635. The Balaban J connectivity index is 3.66. The zero-order valence-corrected chi connectivity index (χ0v) is 13.0. The molecular formula is C12H10F13N2+. The van der Waals surface area contributed by atoms with Gasteiger partial charge in [-0.25, -0.2) is 9.13 Å². The molecule has 158 valence electrons. The highest BCUT2D eigenvalue weighted by molar-refractivity contribution is 5.11. The van der Waals surface area contributed by atoms with Crippen molar-refractivity contribution in [1.82, 2.24) is 4.57 Å². The highest BCUT2D eigenvalue weighted by atomic mass is 19.4. The summed E-state index contributed by atoms with van der Waals surface area (Å²) >= 11 is 0. The molecule has 0 saturated carbocycles. The summed E-state index contributed by atoms with van der Waals surface area (Å²) in [6.07, 6.45) is -21.8. The lowest BCUT2D eigenvalue weighted by atomic mass is 9.73. The molecule has 0 unspecified atom stereocenters. The molecule has 27 heavy (non-hydrogen) atoms. The van der Waals surface area contributed by atoms with Crippen LogP contribution in [0, 0.1) is 5.41 Å². The zero-order chi connectivity index (χ0) is 21.7. The molecule has 0 fully saturated rings. The molecule has 15 heteroatoms. The van der Waals surface area contributed by atoms with Crippen LogP contribution in [0.3, 0.4) is 0 Å². The Morgan fingerprint density at radius 3 is 1.44 bits per heavy atom. The van der Waals surface area contributed by atoms with Crippen molar-refractivity contribution >= 4 is 0 Å². The lowest BCUT2D eigenvalue weighted by molar-refractivity contribution is -0.671. The summed E-state index contributed by atoms with van der Waals surface area (Å²) in [7, 11) is 1.24. The van der Waals surface area contributed by atoms with Crippen molar-refractivity contribution in [1.29, 1.82) is 0 Å². The summed E-state index contributed by atoms with van der Waals surface area (Å²) in [6.45, 7) is -1.57. The minimum Gasteiger partial charge on any atom is -0.240 e. The van der Waals surface area contributed by atoms with Gasteiger partial charge in [-0.2, -0.15) is 57.1 Å². The van der Waals surface area contributed by atoms with Crippen LogP contribution in [-0.4, -0.2) is 34.9 Å². The van der Waals surface area contributed by atoms with Crippen LogP contribution in [0.1, 0.15) is 6.42 Å². The van der Waals surface area contributed by atoms with Crippen molar-refractivity contribution in [3.8, 4) is 0 Å². The van der Waals surface area contributed by atoms with E-state index in [2.05, 4.69) is 0 Å². The third kappa shape index (κ3) is 3.56. The monoisotopic (exact) mass is 429 g/mol. The highest BCUT2D eigenvalue weighted by Gasteiger charge is 2.91. The van der Waals surface area contributed by atoms with E-state index in [9.17, 15) is 57.1 Å². The number of halogens is 13. The predicted molar refractivity (Wildman–Crippen MR) is 60.7 cm³/mol. The van der Waals surface area contributed by atoms with Gasteiger partial charge in [0, 0.05) is 6.42 Å². The molecule has 1 aromatic heterocycles. The number of hydrogen-bond acceptors (Lipinski definition) is 0. The molecule has 0 radical (unpaired) electrons. The van der Waals surface area contributed by atoms with E-state index >= 15 is 0 Å². The predicted octanol–water partition coefficient (Wildman–Crippen LogP) is 4.65. The third-order valence-corrected chi connectivity index (χ3v) is 3.82. The van der Waals surface area contributed by atoms with E-state index in [1.54, 1.807) is 0 Å². The Morgan fingerprint density at radius 1 is 0.704 bits per heavy atom. The molecule has 0 N–H and O–H groups in total. The molecule has 1 aromatic rings. The van der Waals surface area contributed by atoms with Gasteiger partial charge < -0.3 is 0 Å². The fourth-order valence-electron chi connectivity index (χ4n) is 2.33. The molecule has 0 aliphatic carbocycles. The van der Waals surface area contributed by atoms with Crippen LogP contribution in [0.25, 0.3) is 0 Å². The van der Waals surface area contributed by atoms with Gasteiger partial charge in [-0.05, 0) is 0 Å². The number of aryl methyl sites for hydroxylation is 2. The largest absolute Gasteiger partial charge is 0.459 e. The van der Waals surface area contributed by atoms with Gasteiger partial charge in [0.2, 0.25) is 11.7 Å². The normalized spacial score (nSPS) is 15.3. The molecular weight excluding hydrogens is 419 g/mol. The first-order valence-corrected chi connectivity index (χ1v) is 6.69. The maximum Gasteiger partial charge on any atom is 0.459 e. The van der Waals surface area contributed by atoms with Crippen molar-refractivity contribution in [3.63, 3.8) is 0 Å². The molecule has 0 bridgehead atoms. The molecule has 0 aliphatic heterocycles. The third-order valence-electron chi connectivity index (χ3n) is 3.82. The second-order valence-electron chi connectivity index (χ2n) is 5.61. The SMILES string of the molecule is C[n+]1ccn(CCC(C(F)(F)F)(C(F)(F)F)C(F)(F)C(F)(F)C(F)(F)F)c1. The topological polar surface area (TPSA) is 8.81 Å². The van der Waals surface area contributed by atoms with Gasteiger partial charge in [0.05, 0.1) is 13.6 Å². The van der Waals surface area contributed by atoms with Gasteiger partial charge in [-0.1, -0.05) is 0 Å². The first kappa shape index (κ1) is 23.3. The number of imidazole rings is 1. The summed E-state index contributed by atoms with van der Waals surface area (Å²) in [4.78, 5) is 0. The maximum atomic E-state index is 13.8. The Labute approximate surface area is 142 Å². The van der Waals surface area contributed by atoms with Crippen molar-refractivity contribution in [2.24, 2.45) is 12.5 Å². The summed E-state index contributed by atoms with van der Waals surface area (Å²) in [5, 5.41) is 0. The average molecular weight is 429 g/mol. The minimum absolute atomic E-state index is 0.494. The van der Waals surface area contributed by atoms with Gasteiger partial charge in [-0.3, -0.25) is 0 Å². The lowest BCUT2D eigenvalue weighted by Gasteiger charge is -2.45. The van der Waals surface area contributed by atoms with Crippen LogP contribution in [0.4, 0.5) is 57.1 Å². The van der Waals surface area contributed by atoms with Gasteiger partial charge in [-0.15, -0.1) is 0 Å². The number of aromatic nitrogens is 2. The second-order valence-corrected chi connectivity index (χ2v) is 5.61. The van der Waals surface area contributed by atoms with Crippen molar-refractivity contribution < 1.29 is 61.6 Å². The Kier molecular flexibility index (Phi) is 5.56. The first-order valence-electron chi connectivity index (χ1n) is 6.69. The van der Waals surface area contributed by atoms with Gasteiger partial charge >= 0.3 is 30.4 Å². The van der Waals surface area contributed by atoms with Crippen LogP contribution < -0.4 is 4.57 Å². The Hall–Kier alpha value is -1.70. The molecule has 0 amide bonds. The van der Waals surface area contributed by atoms with Gasteiger partial charge in [0.25, 0.3) is 0 Å². The quantitative estimate of drug-likeness (QED) is 0.476. The van der Waals surface area contributed by atoms with Gasteiger partial charge in [0.1, 0.15) is 12.4 Å². The Morgan fingerprint density at radius 2 is 1.15 bits per heavy atom. The van der Waals surface area contributed by atoms with E-state index in [4.69, 9.17) is 0 Å². The summed E-state index contributed by atoms with van der Waals surface area (Å²) in [5.74, 6) is -15.2. The average Bonchev–Trinajstić information content (AvgIpc) is 2.80. The molecule has 0 atom stereocenters. The fourth-order valence-corrected chi connectivity index (χ4v) is 2.33. The number of hydrogen-bond donors (Lipinski definition) is 0. The number of rotatable bonds is 5. The van der Waals surface area contributed by atoms with Crippen LogP contribution in [0.15, 0.2) is 18.7 Å². The molecule has 1 heterocycles. The summed E-state index contributed by atoms with van der Waals surface area (Å²) in [6, 6.07) is 0. The molecule has 2 nitrogen and oxygen atoms in total. The number of nitrogens with zero attached hydrogens (tertiary/aromatic N) is 2. The highest BCUT2D eigenvalue weighted by Crippen LogP contribution is 2.66. The van der Waals surface area contributed by atoms with Crippen LogP contribution >= 0.6 is 0 Å². The zero-order valence-electron chi connectivity index (χ0n) is 13.0. The van der Waals surface area contributed by atoms with Crippen molar-refractivity contribution in [2.45, 2.75) is 43.3 Å². The van der Waals surface area contributed by atoms with E-state index in [-0.39, 0.29) is 0 Å². The molecule has 0 saturated heterocycles. The summed E-state index contributed by atoms with van der Waals surface area (Å²) < 4.78 is 171. The first-order chi connectivity index (χ1) is 11.7. The lowest BCUT2D eigenvalue weighted by Crippen LogP contribution is -2.70. The van der Waals surface area contributed by atoms with Crippen molar-refractivity contribution in [3.05, 3.63) is 18.7 Å². The van der Waals surface area contributed by atoms with E-state index in [1.165, 1.54) is 7.05 Å². The van der Waals surface area contributed by atoms with E-state index < -0.39 is 48.8 Å².